The molecule has 0 fully saturated rings. The Morgan fingerprint density at radius 1 is 0.968 bits per heavy atom. The van der Waals surface area contributed by atoms with Gasteiger partial charge in [0.1, 0.15) is 0 Å². The second kappa shape index (κ2) is 10.1. The van der Waals surface area contributed by atoms with E-state index in [1.165, 1.54) is 16.1 Å². The quantitative estimate of drug-likeness (QED) is 0.475. The van der Waals surface area contributed by atoms with Gasteiger partial charge in [-0.2, -0.15) is 0 Å². The zero-order valence-electron chi connectivity index (χ0n) is 17.5. The van der Waals surface area contributed by atoms with Crippen LogP contribution in [0.4, 0.5) is 5.69 Å². The number of carbonyl (C=O) groups is 1. The van der Waals surface area contributed by atoms with Gasteiger partial charge in [-0.3, -0.25) is 9.10 Å². The van der Waals surface area contributed by atoms with Crippen LogP contribution in [0.5, 0.6) is 0 Å². The highest BCUT2D eigenvalue weighted by Crippen LogP contribution is 2.29. The number of para-hydroxylation sites is 1. The zero-order chi connectivity index (χ0) is 22.4. The van der Waals surface area contributed by atoms with Crippen LogP contribution in [0.25, 0.3) is 0 Å². The van der Waals surface area contributed by atoms with Gasteiger partial charge in [0.15, 0.2) is 0 Å². The first kappa shape index (κ1) is 23.0. The highest BCUT2D eigenvalue weighted by atomic mass is 79.9. The van der Waals surface area contributed by atoms with Gasteiger partial charge in [-0.1, -0.05) is 61.5 Å². The zero-order valence-corrected chi connectivity index (χ0v) is 19.9. The topological polar surface area (TPSA) is 66.5 Å². The van der Waals surface area contributed by atoms with Crippen LogP contribution in [-0.2, 0) is 16.6 Å². The molecule has 0 heterocycles. The molecule has 3 aromatic carbocycles. The van der Waals surface area contributed by atoms with Gasteiger partial charge in [-0.05, 0) is 57.2 Å². The van der Waals surface area contributed by atoms with Gasteiger partial charge in [0.05, 0.1) is 18.5 Å². The molecule has 31 heavy (non-hydrogen) atoms. The van der Waals surface area contributed by atoms with Gasteiger partial charge in [-0.25, -0.2) is 8.42 Å². The Morgan fingerprint density at radius 2 is 1.58 bits per heavy atom. The van der Waals surface area contributed by atoms with Crippen molar-refractivity contribution in [2.24, 2.45) is 0 Å². The highest BCUT2D eigenvalue weighted by molar-refractivity contribution is 9.10. The van der Waals surface area contributed by atoms with E-state index < -0.39 is 10.0 Å². The number of nitrogens with one attached hydrogen (secondary N) is 1. The summed E-state index contributed by atoms with van der Waals surface area (Å²) in [5.41, 5.74) is 3.07. The van der Waals surface area contributed by atoms with Crippen molar-refractivity contribution in [3.63, 3.8) is 0 Å². The molecule has 0 aromatic heterocycles. The highest BCUT2D eigenvalue weighted by Gasteiger charge is 2.20. The van der Waals surface area contributed by atoms with Crippen molar-refractivity contribution in [3.05, 3.63) is 100 Å². The third kappa shape index (κ3) is 6.18. The van der Waals surface area contributed by atoms with E-state index in [4.69, 9.17) is 0 Å². The van der Waals surface area contributed by atoms with E-state index in [9.17, 15) is 13.2 Å². The van der Waals surface area contributed by atoms with Gasteiger partial charge < -0.3 is 5.32 Å². The molecule has 7 heteroatoms. The fourth-order valence-corrected chi connectivity index (χ4v) is 4.73. The maximum Gasteiger partial charge on any atom is 0.251 e. The standard InChI is InChI=1S/C24H25BrN2O3S/c1-18(20-8-4-3-5-9-20)16-26-24(28)21-14-12-19(13-15-21)17-27(31(2,29)30)23-11-7-6-10-22(23)25/h3-15,18H,16-17H2,1-2H3,(H,26,28). The maximum atomic E-state index is 12.5. The minimum absolute atomic E-state index is 0.153. The summed E-state index contributed by atoms with van der Waals surface area (Å²) < 4.78 is 26.8. The van der Waals surface area contributed by atoms with E-state index >= 15 is 0 Å². The number of halogens is 1. The molecule has 5 nitrogen and oxygen atoms in total. The lowest BCUT2D eigenvalue weighted by molar-refractivity contribution is 0.0951. The Morgan fingerprint density at radius 3 is 2.19 bits per heavy atom. The molecule has 0 saturated carbocycles. The molecule has 3 rings (SSSR count). The molecule has 0 saturated heterocycles. The number of benzene rings is 3. The van der Waals surface area contributed by atoms with Crippen LogP contribution in [0, 0.1) is 0 Å². The van der Waals surface area contributed by atoms with Crippen molar-refractivity contribution in [2.75, 3.05) is 17.1 Å². The molecule has 162 valence electrons. The fourth-order valence-electron chi connectivity index (χ4n) is 3.21. The average molecular weight is 501 g/mol. The van der Waals surface area contributed by atoms with Crippen molar-refractivity contribution in [3.8, 4) is 0 Å². The van der Waals surface area contributed by atoms with Crippen LogP contribution in [0.15, 0.2) is 83.3 Å². The smallest absolute Gasteiger partial charge is 0.251 e. The molecule has 3 aromatic rings. The lowest BCUT2D eigenvalue weighted by atomic mass is 10.0. The minimum Gasteiger partial charge on any atom is -0.351 e. The number of sulfonamides is 1. The Hall–Kier alpha value is -2.64. The normalized spacial score (nSPS) is 12.2. The number of amides is 1. The number of carbonyl (C=O) groups excluding carboxylic acids is 1. The number of hydrogen-bond acceptors (Lipinski definition) is 3. The van der Waals surface area contributed by atoms with E-state index in [1.54, 1.807) is 42.5 Å². The van der Waals surface area contributed by atoms with Gasteiger partial charge in [0, 0.05) is 16.6 Å². The summed E-state index contributed by atoms with van der Waals surface area (Å²) in [7, 11) is -3.49. The molecular formula is C24H25BrN2O3S. The summed E-state index contributed by atoms with van der Waals surface area (Å²) in [6, 6.07) is 24.2. The summed E-state index contributed by atoms with van der Waals surface area (Å²) in [4.78, 5) is 12.5. The molecule has 0 radical (unpaired) electrons. The number of hydrogen-bond donors (Lipinski definition) is 1. The largest absolute Gasteiger partial charge is 0.351 e. The number of rotatable bonds is 8. The van der Waals surface area contributed by atoms with E-state index in [2.05, 4.69) is 28.2 Å². The second-order valence-electron chi connectivity index (χ2n) is 7.44. The van der Waals surface area contributed by atoms with Crippen LogP contribution in [0.3, 0.4) is 0 Å². The van der Waals surface area contributed by atoms with Crippen LogP contribution < -0.4 is 9.62 Å². The molecule has 1 amide bonds. The van der Waals surface area contributed by atoms with Crippen molar-refractivity contribution in [2.45, 2.75) is 19.4 Å². The summed E-state index contributed by atoms with van der Waals surface area (Å²) in [5, 5.41) is 2.96. The van der Waals surface area contributed by atoms with E-state index in [1.807, 2.05) is 36.4 Å². The van der Waals surface area contributed by atoms with E-state index in [0.717, 1.165) is 5.56 Å². The predicted octanol–water partition coefficient (Wildman–Crippen LogP) is 4.95. The molecule has 0 aliphatic heterocycles. The second-order valence-corrected chi connectivity index (χ2v) is 10.2. The first-order valence-corrected chi connectivity index (χ1v) is 12.5. The Balaban J connectivity index is 1.67. The van der Waals surface area contributed by atoms with Gasteiger partial charge >= 0.3 is 0 Å². The monoisotopic (exact) mass is 500 g/mol. The number of anilines is 1. The van der Waals surface area contributed by atoms with Gasteiger partial charge in [0.2, 0.25) is 10.0 Å². The van der Waals surface area contributed by atoms with E-state index in [0.29, 0.717) is 22.3 Å². The minimum atomic E-state index is -3.49. The first-order valence-electron chi connectivity index (χ1n) is 9.90. The summed E-state index contributed by atoms with van der Waals surface area (Å²) >= 11 is 3.42. The summed E-state index contributed by atoms with van der Waals surface area (Å²) in [6.07, 6.45) is 1.18. The molecule has 1 N–H and O–H groups in total. The summed E-state index contributed by atoms with van der Waals surface area (Å²) in [5.74, 6) is 0.0529. The number of nitrogens with zero attached hydrogens (tertiary/aromatic N) is 1. The molecule has 1 atom stereocenters. The average Bonchev–Trinajstić information content (AvgIpc) is 2.76. The molecule has 0 bridgehead atoms. The van der Waals surface area contributed by atoms with Crippen molar-refractivity contribution >= 4 is 37.5 Å². The predicted molar refractivity (Wildman–Crippen MR) is 129 cm³/mol. The van der Waals surface area contributed by atoms with Crippen LogP contribution in [-0.4, -0.2) is 27.1 Å². The van der Waals surface area contributed by atoms with Gasteiger partial charge in [-0.15, -0.1) is 0 Å². The van der Waals surface area contributed by atoms with Crippen molar-refractivity contribution < 1.29 is 13.2 Å². The van der Waals surface area contributed by atoms with Crippen LogP contribution in [0.2, 0.25) is 0 Å². The Bertz CT molecular complexity index is 1130. The first-order chi connectivity index (χ1) is 14.8. The molecular weight excluding hydrogens is 476 g/mol. The third-order valence-corrected chi connectivity index (χ3v) is 6.80. The Labute approximate surface area is 192 Å². The Kier molecular flexibility index (Phi) is 7.51. The summed E-state index contributed by atoms with van der Waals surface area (Å²) in [6.45, 7) is 2.78. The lowest BCUT2D eigenvalue weighted by Crippen LogP contribution is -2.30. The molecule has 1 unspecified atom stereocenters. The van der Waals surface area contributed by atoms with Crippen molar-refractivity contribution in [1.29, 1.82) is 0 Å². The van der Waals surface area contributed by atoms with Crippen molar-refractivity contribution in [1.82, 2.24) is 5.32 Å². The molecule has 0 aliphatic carbocycles. The third-order valence-electron chi connectivity index (χ3n) is 5.00. The lowest BCUT2D eigenvalue weighted by Gasteiger charge is -2.23. The van der Waals surface area contributed by atoms with Gasteiger partial charge in [0.25, 0.3) is 5.91 Å². The SMILES string of the molecule is CC(CNC(=O)c1ccc(CN(c2ccccc2Br)S(C)(=O)=O)cc1)c1ccccc1. The van der Waals surface area contributed by atoms with E-state index in [-0.39, 0.29) is 18.4 Å². The van der Waals surface area contributed by atoms with Crippen LogP contribution >= 0.6 is 15.9 Å². The fraction of sp³-hybridized carbons (Fsp3) is 0.208. The molecule has 0 spiro atoms. The van der Waals surface area contributed by atoms with Crippen LogP contribution in [0.1, 0.15) is 34.3 Å². The maximum absolute atomic E-state index is 12.5. The molecule has 0 aliphatic rings.